The second-order valence-corrected chi connectivity index (χ2v) is 7.97. The predicted molar refractivity (Wildman–Crippen MR) is 93.7 cm³/mol. The first-order chi connectivity index (χ1) is 11.5. The van der Waals surface area contributed by atoms with Crippen LogP contribution in [-0.2, 0) is 14.3 Å². The molecule has 0 aliphatic carbocycles. The van der Waals surface area contributed by atoms with Crippen molar-refractivity contribution in [2.75, 3.05) is 17.1 Å². The standard InChI is InChI=1S/C16H20N3O3S2/c1-11(2)17-18-6-3-12(4-7-18)24-10-22-16(21)13-5-8-23-15-9-14(20)19(13)15/h3-7,11,15,17H,8-10H2,1-2H3/q+1/t15-/m0/s1. The van der Waals surface area contributed by atoms with Gasteiger partial charge < -0.3 is 4.74 Å². The number of carbonyl (C=O) groups excluding carboxylic acids is 2. The van der Waals surface area contributed by atoms with Crippen LogP contribution in [0.1, 0.15) is 20.3 Å². The average molecular weight is 366 g/mol. The molecule has 1 atom stereocenters. The third kappa shape index (κ3) is 3.87. The molecule has 6 nitrogen and oxygen atoms in total. The number of nitrogens with zero attached hydrogens (tertiary/aromatic N) is 2. The molecule has 2 aliphatic rings. The van der Waals surface area contributed by atoms with Gasteiger partial charge in [-0.25, -0.2) is 4.79 Å². The number of ether oxygens (including phenoxy) is 1. The molecule has 1 aromatic rings. The van der Waals surface area contributed by atoms with Gasteiger partial charge in [-0.1, -0.05) is 16.4 Å². The summed E-state index contributed by atoms with van der Waals surface area (Å²) < 4.78 is 7.20. The monoisotopic (exact) mass is 366 g/mol. The largest absolute Gasteiger partial charge is 0.450 e. The molecule has 3 heterocycles. The van der Waals surface area contributed by atoms with Gasteiger partial charge in [-0.15, -0.1) is 11.8 Å². The lowest BCUT2D eigenvalue weighted by molar-refractivity contribution is -0.653. The third-order valence-corrected chi connectivity index (χ3v) is 5.52. The van der Waals surface area contributed by atoms with Crippen LogP contribution in [0.3, 0.4) is 0 Å². The highest BCUT2D eigenvalue weighted by molar-refractivity contribution is 8.00. The molecule has 8 heteroatoms. The number of hydrogen-bond donors (Lipinski definition) is 1. The van der Waals surface area contributed by atoms with E-state index in [1.807, 2.05) is 29.2 Å². The predicted octanol–water partition coefficient (Wildman–Crippen LogP) is 1.71. The summed E-state index contributed by atoms with van der Waals surface area (Å²) in [5, 5.41) is 0.107. The molecule has 0 bridgehead atoms. The van der Waals surface area contributed by atoms with E-state index in [-0.39, 0.29) is 17.2 Å². The van der Waals surface area contributed by atoms with Crippen LogP contribution in [0.25, 0.3) is 0 Å². The quantitative estimate of drug-likeness (QED) is 0.272. The van der Waals surface area contributed by atoms with E-state index in [4.69, 9.17) is 4.74 Å². The molecule has 0 radical (unpaired) electrons. The summed E-state index contributed by atoms with van der Waals surface area (Å²) in [6.45, 7) is 4.14. The fraction of sp³-hybridized carbons (Fsp3) is 0.438. The fourth-order valence-electron chi connectivity index (χ4n) is 2.45. The van der Waals surface area contributed by atoms with Crippen LogP contribution in [0, 0.1) is 0 Å². The Hall–Kier alpha value is -1.67. The summed E-state index contributed by atoms with van der Waals surface area (Å²) in [5.74, 6) is 0.534. The van der Waals surface area contributed by atoms with Crippen LogP contribution in [0.15, 0.2) is 41.2 Å². The maximum atomic E-state index is 12.2. The molecule has 24 heavy (non-hydrogen) atoms. The number of β-lactam (4-membered cyclic amide) rings is 1. The highest BCUT2D eigenvalue weighted by Crippen LogP contribution is 2.37. The van der Waals surface area contributed by atoms with Crippen molar-refractivity contribution < 1.29 is 19.0 Å². The molecule has 0 saturated carbocycles. The van der Waals surface area contributed by atoms with Gasteiger partial charge in [0.15, 0.2) is 0 Å². The smallest absolute Gasteiger partial charge is 0.355 e. The number of nitrogens with one attached hydrogen (secondary N) is 1. The molecule has 0 unspecified atom stereocenters. The summed E-state index contributed by atoms with van der Waals surface area (Å²) >= 11 is 3.11. The van der Waals surface area contributed by atoms with E-state index in [9.17, 15) is 9.59 Å². The molecular weight excluding hydrogens is 346 g/mol. The SMILES string of the molecule is CC(C)N[n+]1ccc(SCOC(=O)C2=CCS[C@H]3CC(=O)N23)cc1. The van der Waals surface area contributed by atoms with Crippen molar-refractivity contribution in [3.05, 3.63) is 36.3 Å². The van der Waals surface area contributed by atoms with Crippen molar-refractivity contribution in [1.82, 2.24) is 4.90 Å². The lowest BCUT2D eigenvalue weighted by atomic mass is 10.1. The Kier molecular flexibility index (Phi) is 5.35. The average Bonchev–Trinajstić information content (AvgIpc) is 2.54. The first kappa shape index (κ1) is 17.2. The molecular formula is C16H20N3O3S2+. The van der Waals surface area contributed by atoms with E-state index in [0.29, 0.717) is 18.2 Å². The topological polar surface area (TPSA) is 62.5 Å². The van der Waals surface area contributed by atoms with Gasteiger partial charge in [0.1, 0.15) is 11.6 Å². The first-order valence-corrected chi connectivity index (χ1v) is 9.79. The summed E-state index contributed by atoms with van der Waals surface area (Å²) in [6, 6.07) is 4.27. The Bertz CT molecular complexity index is 661. The minimum absolute atomic E-state index is 0.00619. The van der Waals surface area contributed by atoms with Gasteiger partial charge in [0, 0.05) is 22.8 Å². The second-order valence-electron chi connectivity index (χ2n) is 5.76. The van der Waals surface area contributed by atoms with Gasteiger partial charge >= 0.3 is 5.97 Å². The Morgan fingerprint density at radius 2 is 2.25 bits per heavy atom. The van der Waals surface area contributed by atoms with E-state index < -0.39 is 5.97 Å². The zero-order valence-electron chi connectivity index (χ0n) is 13.6. The lowest BCUT2D eigenvalue weighted by Gasteiger charge is -2.42. The number of fused-ring (bicyclic) bond motifs is 1. The normalized spacial score (nSPS) is 19.5. The van der Waals surface area contributed by atoms with Gasteiger partial charge in [-0.05, 0) is 19.9 Å². The van der Waals surface area contributed by atoms with E-state index in [2.05, 4.69) is 19.3 Å². The van der Waals surface area contributed by atoms with Crippen molar-refractivity contribution in [2.24, 2.45) is 0 Å². The second kappa shape index (κ2) is 7.48. The molecule has 0 aromatic carbocycles. The molecule has 1 amide bonds. The van der Waals surface area contributed by atoms with Gasteiger partial charge in [0.2, 0.25) is 18.3 Å². The number of pyridine rings is 1. The van der Waals surface area contributed by atoms with Crippen molar-refractivity contribution in [3.8, 4) is 0 Å². The molecule has 128 valence electrons. The fourth-order valence-corrected chi connectivity index (χ4v) is 4.18. The Labute approximate surface area is 149 Å². The van der Waals surface area contributed by atoms with E-state index >= 15 is 0 Å². The van der Waals surface area contributed by atoms with Crippen LogP contribution in [0.5, 0.6) is 0 Å². The third-order valence-electron chi connectivity index (χ3n) is 3.56. The summed E-state index contributed by atoms with van der Waals surface area (Å²) in [7, 11) is 0. The highest BCUT2D eigenvalue weighted by atomic mass is 32.2. The van der Waals surface area contributed by atoms with Crippen molar-refractivity contribution in [3.63, 3.8) is 0 Å². The van der Waals surface area contributed by atoms with Crippen molar-refractivity contribution in [2.45, 2.75) is 36.6 Å². The molecule has 1 saturated heterocycles. The maximum Gasteiger partial charge on any atom is 0.355 e. The first-order valence-electron chi connectivity index (χ1n) is 7.76. The van der Waals surface area contributed by atoms with Crippen LogP contribution < -0.4 is 10.1 Å². The lowest BCUT2D eigenvalue weighted by Crippen LogP contribution is -2.53. The van der Waals surface area contributed by atoms with Crippen LogP contribution in [-0.4, -0.2) is 39.9 Å². The minimum Gasteiger partial charge on any atom is -0.450 e. The van der Waals surface area contributed by atoms with Gasteiger partial charge in [0.05, 0.1) is 17.8 Å². The summed E-state index contributed by atoms with van der Waals surface area (Å²) in [5.41, 5.74) is 3.64. The van der Waals surface area contributed by atoms with Gasteiger partial charge in [0.25, 0.3) is 0 Å². The van der Waals surface area contributed by atoms with Crippen LogP contribution in [0.4, 0.5) is 0 Å². The molecule has 2 aliphatic heterocycles. The molecule has 1 N–H and O–H groups in total. The number of amides is 1. The van der Waals surface area contributed by atoms with Crippen molar-refractivity contribution in [1.29, 1.82) is 0 Å². The van der Waals surface area contributed by atoms with Gasteiger partial charge in [-0.2, -0.15) is 5.43 Å². The summed E-state index contributed by atoms with van der Waals surface area (Å²) in [6.07, 6.45) is 6.13. The number of carbonyl (C=O) groups is 2. The van der Waals surface area contributed by atoms with E-state index in [1.165, 1.54) is 11.8 Å². The number of rotatable bonds is 6. The summed E-state index contributed by atoms with van der Waals surface area (Å²) in [4.78, 5) is 26.4. The molecule has 1 aromatic heterocycles. The zero-order chi connectivity index (χ0) is 17.1. The van der Waals surface area contributed by atoms with Crippen molar-refractivity contribution >= 4 is 35.4 Å². The molecule has 1 fully saturated rings. The Balaban J connectivity index is 1.48. The van der Waals surface area contributed by atoms with E-state index in [1.54, 1.807) is 22.7 Å². The molecule has 3 rings (SSSR count). The minimum atomic E-state index is -0.423. The number of thioether (sulfide) groups is 2. The number of hydrogen-bond acceptors (Lipinski definition) is 6. The Morgan fingerprint density at radius 3 is 2.92 bits per heavy atom. The zero-order valence-corrected chi connectivity index (χ0v) is 15.2. The van der Waals surface area contributed by atoms with Crippen LogP contribution >= 0.6 is 23.5 Å². The number of aromatic nitrogens is 1. The Morgan fingerprint density at radius 1 is 1.50 bits per heavy atom. The number of esters is 1. The maximum absolute atomic E-state index is 12.2. The van der Waals surface area contributed by atoms with Crippen LogP contribution in [0.2, 0.25) is 0 Å². The van der Waals surface area contributed by atoms with E-state index in [0.717, 1.165) is 10.6 Å². The van der Waals surface area contributed by atoms with Gasteiger partial charge in [-0.3, -0.25) is 9.69 Å². The highest BCUT2D eigenvalue weighted by Gasteiger charge is 2.43. The molecule has 0 spiro atoms.